The quantitative estimate of drug-likeness (QED) is 0.698. The summed E-state index contributed by atoms with van der Waals surface area (Å²) >= 11 is 0. The van der Waals surface area contributed by atoms with Crippen LogP contribution >= 0.6 is 0 Å². The maximum atomic E-state index is 9.15. The summed E-state index contributed by atoms with van der Waals surface area (Å²) in [5.74, 6) is 0.852. The molecule has 2 N–H and O–H groups in total. The maximum absolute atomic E-state index is 9.15. The van der Waals surface area contributed by atoms with Gasteiger partial charge in [-0.1, -0.05) is 33.6 Å². The van der Waals surface area contributed by atoms with Crippen LogP contribution in [0.3, 0.4) is 0 Å². The molecule has 1 aliphatic rings. The Morgan fingerprint density at radius 2 is 2.17 bits per heavy atom. The predicted molar refractivity (Wildman–Crippen MR) is 77.8 cm³/mol. The zero-order valence-corrected chi connectivity index (χ0v) is 12.5. The third-order valence-electron chi connectivity index (χ3n) is 4.36. The van der Waals surface area contributed by atoms with Crippen LogP contribution < -0.4 is 5.32 Å². The van der Waals surface area contributed by atoms with E-state index in [-0.39, 0.29) is 6.61 Å². The van der Waals surface area contributed by atoms with Crippen LogP contribution in [0.2, 0.25) is 0 Å². The first kappa shape index (κ1) is 15.9. The third-order valence-corrected chi connectivity index (χ3v) is 4.36. The third kappa shape index (κ3) is 4.87. The van der Waals surface area contributed by atoms with Gasteiger partial charge in [-0.15, -0.1) is 0 Å². The summed E-state index contributed by atoms with van der Waals surface area (Å²) in [7, 11) is 0. The number of rotatable bonds is 8. The first-order valence-corrected chi connectivity index (χ1v) is 7.69. The van der Waals surface area contributed by atoms with E-state index < -0.39 is 0 Å². The number of nitrogens with zero attached hydrogens (tertiary/aromatic N) is 1. The van der Waals surface area contributed by atoms with Crippen molar-refractivity contribution in [2.75, 3.05) is 39.3 Å². The number of likely N-dealkylation sites (N-methyl/N-ethyl adjacent to an activating group) is 1. The lowest BCUT2D eigenvalue weighted by Gasteiger charge is -2.43. The van der Waals surface area contributed by atoms with Crippen LogP contribution in [0.4, 0.5) is 0 Å². The van der Waals surface area contributed by atoms with Crippen molar-refractivity contribution in [1.82, 2.24) is 10.2 Å². The molecule has 2 atom stereocenters. The fraction of sp³-hybridized carbons (Fsp3) is 1.00. The Morgan fingerprint density at radius 1 is 1.39 bits per heavy atom. The molecule has 0 heterocycles. The molecule has 0 bridgehead atoms. The molecule has 3 nitrogen and oxygen atoms in total. The van der Waals surface area contributed by atoms with Crippen LogP contribution in [0.15, 0.2) is 0 Å². The minimum atomic E-state index is 0.278. The van der Waals surface area contributed by atoms with Crippen LogP contribution in [0.25, 0.3) is 0 Å². The van der Waals surface area contributed by atoms with Gasteiger partial charge in [0.2, 0.25) is 0 Å². The highest BCUT2D eigenvalue weighted by Gasteiger charge is 2.35. The second-order valence-electron chi connectivity index (χ2n) is 6.07. The molecule has 0 saturated heterocycles. The molecule has 1 aliphatic carbocycles. The van der Waals surface area contributed by atoms with Crippen molar-refractivity contribution in [2.45, 2.75) is 46.5 Å². The molecule has 0 aromatic carbocycles. The molecule has 1 fully saturated rings. The van der Waals surface area contributed by atoms with E-state index in [0.29, 0.717) is 5.41 Å². The van der Waals surface area contributed by atoms with Gasteiger partial charge in [0, 0.05) is 19.6 Å². The molecule has 0 aromatic heterocycles. The topological polar surface area (TPSA) is 35.5 Å². The fourth-order valence-corrected chi connectivity index (χ4v) is 3.48. The predicted octanol–water partition coefficient (Wildman–Crippen LogP) is 2.11. The smallest absolute Gasteiger partial charge is 0.0558 e. The normalized spacial score (nSPS) is 28.8. The highest BCUT2D eigenvalue weighted by Crippen LogP contribution is 2.39. The van der Waals surface area contributed by atoms with Crippen molar-refractivity contribution >= 4 is 0 Å². The van der Waals surface area contributed by atoms with Gasteiger partial charge >= 0.3 is 0 Å². The van der Waals surface area contributed by atoms with E-state index in [2.05, 4.69) is 31.0 Å². The maximum Gasteiger partial charge on any atom is 0.0558 e. The van der Waals surface area contributed by atoms with Crippen molar-refractivity contribution in [3.63, 3.8) is 0 Å². The van der Waals surface area contributed by atoms with Gasteiger partial charge < -0.3 is 15.3 Å². The SMILES string of the molecule is CCNCC1(CN(CC)CCO)CCCC(C)C1. The summed E-state index contributed by atoms with van der Waals surface area (Å²) < 4.78 is 0. The summed E-state index contributed by atoms with van der Waals surface area (Å²) in [4.78, 5) is 2.41. The fourth-order valence-electron chi connectivity index (χ4n) is 3.48. The Balaban J connectivity index is 2.63. The summed E-state index contributed by atoms with van der Waals surface area (Å²) in [5, 5.41) is 12.7. The average molecular weight is 256 g/mol. The van der Waals surface area contributed by atoms with E-state index >= 15 is 0 Å². The van der Waals surface area contributed by atoms with E-state index in [0.717, 1.165) is 38.6 Å². The van der Waals surface area contributed by atoms with Gasteiger partial charge in [0.1, 0.15) is 0 Å². The minimum Gasteiger partial charge on any atom is -0.395 e. The summed E-state index contributed by atoms with van der Waals surface area (Å²) in [6, 6.07) is 0. The average Bonchev–Trinajstić information content (AvgIpc) is 2.36. The summed E-state index contributed by atoms with van der Waals surface area (Å²) in [6.07, 6.45) is 5.43. The Morgan fingerprint density at radius 3 is 2.72 bits per heavy atom. The van der Waals surface area contributed by atoms with Crippen LogP contribution in [-0.2, 0) is 0 Å². The van der Waals surface area contributed by atoms with Crippen LogP contribution in [0.5, 0.6) is 0 Å². The van der Waals surface area contributed by atoms with Crippen molar-refractivity contribution in [3.05, 3.63) is 0 Å². The van der Waals surface area contributed by atoms with Gasteiger partial charge in [-0.2, -0.15) is 0 Å². The minimum absolute atomic E-state index is 0.278. The van der Waals surface area contributed by atoms with Crippen molar-refractivity contribution in [1.29, 1.82) is 0 Å². The van der Waals surface area contributed by atoms with Gasteiger partial charge in [0.15, 0.2) is 0 Å². The molecule has 0 radical (unpaired) electrons. The van der Waals surface area contributed by atoms with Crippen LogP contribution in [0, 0.1) is 11.3 Å². The van der Waals surface area contributed by atoms with E-state index in [1.165, 1.54) is 25.7 Å². The van der Waals surface area contributed by atoms with Gasteiger partial charge in [0.05, 0.1) is 6.61 Å². The molecule has 0 aromatic rings. The lowest BCUT2D eigenvalue weighted by atomic mass is 9.69. The molecule has 108 valence electrons. The Labute approximate surface area is 113 Å². The van der Waals surface area contributed by atoms with Gasteiger partial charge in [0.25, 0.3) is 0 Å². The van der Waals surface area contributed by atoms with Crippen molar-refractivity contribution in [3.8, 4) is 0 Å². The molecule has 0 spiro atoms. The van der Waals surface area contributed by atoms with E-state index in [9.17, 15) is 0 Å². The highest BCUT2D eigenvalue weighted by molar-refractivity contribution is 4.89. The van der Waals surface area contributed by atoms with Crippen molar-refractivity contribution < 1.29 is 5.11 Å². The van der Waals surface area contributed by atoms with Crippen LogP contribution in [0.1, 0.15) is 46.5 Å². The zero-order valence-electron chi connectivity index (χ0n) is 12.5. The molecule has 18 heavy (non-hydrogen) atoms. The number of nitrogens with one attached hydrogen (secondary N) is 1. The summed E-state index contributed by atoms with van der Waals surface area (Å²) in [6.45, 7) is 12.2. The largest absolute Gasteiger partial charge is 0.395 e. The molecular formula is C15H32N2O. The van der Waals surface area contributed by atoms with E-state index in [4.69, 9.17) is 5.11 Å². The second-order valence-corrected chi connectivity index (χ2v) is 6.07. The molecule has 1 rings (SSSR count). The molecule has 3 heteroatoms. The number of hydrogen-bond donors (Lipinski definition) is 2. The number of aliphatic hydroxyl groups is 1. The summed E-state index contributed by atoms with van der Waals surface area (Å²) in [5.41, 5.74) is 0.429. The molecule has 1 saturated carbocycles. The van der Waals surface area contributed by atoms with Crippen molar-refractivity contribution in [2.24, 2.45) is 11.3 Å². The monoisotopic (exact) mass is 256 g/mol. The Hall–Kier alpha value is -0.120. The first-order valence-electron chi connectivity index (χ1n) is 7.69. The van der Waals surface area contributed by atoms with Gasteiger partial charge in [-0.25, -0.2) is 0 Å². The zero-order chi connectivity index (χ0) is 13.4. The van der Waals surface area contributed by atoms with E-state index in [1.54, 1.807) is 0 Å². The second kappa shape index (κ2) is 8.13. The van der Waals surface area contributed by atoms with Crippen LogP contribution in [-0.4, -0.2) is 49.3 Å². The Kier molecular flexibility index (Phi) is 7.20. The number of hydrogen-bond acceptors (Lipinski definition) is 3. The van der Waals surface area contributed by atoms with E-state index in [1.807, 2.05) is 0 Å². The lowest BCUT2D eigenvalue weighted by molar-refractivity contribution is 0.0735. The highest BCUT2D eigenvalue weighted by atomic mass is 16.3. The lowest BCUT2D eigenvalue weighted by Crippen LogP contribution is -2.47. The Bertz CT molecular complexity index is 223. The first-order chi connectivity index (χ1) is 8.65. The molecular weight excluding hydrogens is 224 g/mol. The molecule has 2 unspecified atom stereocenters. The molecule has 0 aliphatic heterocycles. The molecule has 0 amide bonds. The van der Waals surface area contributed by atoms with Gasteiger partial charge in [-0.3, -0.25) is 0 Å². The standard InChI is InChI=1S/C15H32N2O/c1-4-16-12-15(8-6-7-14(3)11-15)13-17(5-2)9-10-18/h14,16,18H,4-13H2,1-3H3. The van der Waals surface area contributed by atoms with Gasteiger partial charge in [-0.05, 0) is 37.3 Å². The number of aliphatic hydroxyl groups excluding tert-OH is 1.